The van der Waals surface area contributed by atoms with E-state index < -0.39 is 36.4 Å². The topological polar surface area (TPSA) is 77.8 Å². The molecule has 1 aromatic heterocycles. The molecule has 0 bridgehead atoms. The number of thiophene rings is 1. The largest absolute Gasteiger partial charge is 0.477 e. The average Bonchev–Trinajstić information content (AvgIpc) is 3.22. The molecule has 1 amide bonds. The van der Waals surface area contributed by atoms with Gasteiger partial charge in [-0.15, -0.1) is 11.3 Å². The normalized spacial score (nSPS) is 21.1. The Kier molecular flexibility index (Phi) is 8.34. The van der Waals surface area contributed by atoms with Crippen LogP contribution >= 0.6 is 11.3 Å². The minimum atomic E-state index is -3.40. The maximum Gasteiger partial charge on any atom is 0.345 e. The molecule has 3 unspecified atom stereocenters. The number of carboxylic acids is 1. The van der Waals surface area contributed by atoms with Gasteiger partial charge in [-0.25, -0.2) is 4.79 Å². The average molecular weight is 430 g/mol. The summed E-state index contributed by atoms with van der Waals surface area (Å²) in [6.07, 6.45) is 5.59. The zero-order valence-corrected chi connectivity index (χ0v) is 17.6. The van der Waals surface area contributed by atoms with Gasteiger partial charge in [0.05, 0.1) is 12.1 Å². The number of rotatable bonds is 11. The van der Waals surface area contributed by atoms with Crippen molar-refractivity contribution in [1.29, 1.82) is 0 Å². The lowest BCUT2D eigenvalue weighted by Gasteiger charge is -2.22. The highest BCUT2D eigenvalue weighted by molar-refractivity contribution is 7.13. The van der Waals surface area contributed by atoms with Gasteiger partial charge < -0.3 is 15.1 Å². The molecular formula is C21H29F2NO4S. The molecule has 0 spiro atoms. The third-order valence-electron chi connectivity index (χ3n) is 5.26. The Hall–Kier alpha value is -1.80. The van der Waals surface area contributed by atoms with Crippen LogP contribution < -0.4 is 0 Å². The van der Waals surface area contributed by atoms with Crippen LogP contribution in [0.15, 0.2) is 24.3 Å². The van der Waals surface area contributed by atoms with E-state index in [4.69, 9.17) is 5.11 Å². The van der Waals surface area contributed by atoms with Crippen molar-refractivity contribution in [1.82, 2.24) is 4.90 Å². The van der Waals surface area contributed by atoms with Gasteiger partial charge in [0.15, 0.2) is 0 Å². The number of aryl methyl sites for hydroxylation is 1. The second kappa shape index (κ2) is 10.3. The standard InChI is InChI=1S/C21H29F2NO4S/c1-3-4-6-14(2)17(25)10-8-15-13-21(22,23)20(28)24(15)12-5-7-16-9-11-18(29-16)19(26)27/h8-11,14-15,17,25H,3-7,12-13H2,1-2H3,(H,26,27). The summed E-state index contributed by atoms with van der Waals surface area (Å²) in [5.41, 5.74) is 0. The fraction of sp³-hybridized carbons (Fsp3) is 0.619. The fourth-order valence-electron chi connectivity index (χ4n) is 3.44. The van der Waals surface area contributed by atoms with E-state index in [9.17, 15) is 23.5 Å². The number of amides is 1. The van der Waals surface area contributed by atoms with E-state index in [0.717, 1.165) is 35.5 Å². The quantitative estimate of drug-likeness (QED) is 0.513. The van der Waals surface area contributed by atoms with Gasteiger partial charge in [0.1, 0.15) is 4.88 Å². The van der Waals surface area contributed by atoms with Crippen LogP contribution in [0, 0.1) is 5.92 Å². The van der Waals surface area contributed by atoms with Gasteiger partial charge in [-0.1, -0.05) is 38.8 Å². The van der Waals surface area contributed by atoms with E-state index in [1.165, 1.54) is 23.1 Å². The molecule has 0 aliphatic carbocycles. The zero-order chi connectivity index (χ0) is 21.6. The highest BCUT2D eigenvalue weighted by Gasteiger charge is 2.52. The first-order valence-corrected chi connectivity index (χ1v) is 10.8. The number of aliphatic hydroxyl groups excluding tert-OH is 1. The maximum absolute atomic E-state index is 14.0. The number of unbranched alkanes of at least 4 members (excludes halogenated alkanes) is 1. The van der Waals surface area contributed by atoms with E-state index in [-0.39, 0.29) is 17.3 Å². The molecule has 2 N–H and O–H groups in total. The number of aliphatic hydroxyl groups is 1. The van der Waals surface area contributed by atoms with Crippen molar-refractivity contribution in [2.24, 2.45) is 5.92 Å². The second-order valence-corrected chi connectivity index (χ2v) is 8.81. The smallest absolute Gasteiger partial charge is 0.345 e. The van der Waals surface area contributed by atoms with Crippen molar-refractivity contribution in [3.05, 3.63) is 34.0 Å². The summed E-state index contributed by atoms with van der Waals surface area (Å²) in [6, 6.07) is 2.48. The van der Waals surface area contributed by atoms with Gasteiger partial charge in [0, 0.05) is 17.8 Å². The van der Waals surface area contributed by atoms with Gasteiger partial charge in [0.25, 0.3) is 5.91 Å². The van der Waals surface area contributed by atoms with Crippen LogP contribution in [0.3, 0.4) is 0 Å². The molecular weight excluding hydrogens is 400 g/mol. The fourth-order valence-corrected chi connectivity index (χ4v) is 4.33. The number of alkyl halides is 2. The van der Waals surface area contributed by atoms with Gasteiger partial charge in [0.2, 0.25) is 0 Å². The molecule has 1 aliphatic rings. The van der Waals surface area contributed by atoms with E-state index >= 15 is 0 Å². The summed E-state index contributed by atoms with van der Waals surface area (Å²) in [5.74, 6) is -5.54. The van der Waals surface area contributed by atoms with Crippen molar-refractivity contribution in [2.45, 2.75) is 70.4 Å². The minimum absolute atomic E-state index is 0.0273. The molecule has 0 saturated carbocycles. The Bertz CT molecular complexity index is 734. The van der Waals surface area contributed by atoms with Crippen LogP contribution in [0.25, 0.3) is 0 Å². The molecule has 1 saturated heterocycles. The molecule has 0 aromatic carbocycles. The van der Waals surface area contributed by atoms with Crippen molar-refractivity contribution in [2.75, 3.05) is 6.54 Å². The van der Waals surface area contributed by atoms with Gasteiger partial charge in [-0.3, -0.25) is 4.79 Å². The summed E-state index contributed by atoms with van der Waals surface area (Å²) in [6.45, 7) is 4.15. The highest BCUT2D eigenvalue weighted by atomic mass is 32.1. The van der Waals surface area contributed by atoms with Crippen molar-refractivity contribution in [3.63, 3.8) is 0 Å². The van der Waals surface area contributed by atoms with E-state index in [0.29, 0.717) is 12.8 Å². The Labute approximate surface area is 174 Å². The molecule has 1 fully saturated rings. The first-order chi connectivity index (χ1) is 13.7. The number of likely N-dealkylation sites (tertiary alicyclic amines) is 1. The molecule has 1 aliphatic heterocycles. The number of nitrogens with zero attached hydrogens (tertiary/aromatic N) is 1. The van der Waals surface area contributed by atoms with Gasteiger partial charge in [-0.2, -0.15) is 8.78 Å². The molecule has 2 heterocycles. The summed E-state index contributed by atoms with van der Waals surface area (Å²) >= 11 is 1.15. The number of hydrogen-bond donors (Lipinski definition) is 2. The summed E-state index contributed by atoms with van der Waals surface area (Å²) < 4.78 is 28.0. The number of carbonyl (C=O) groups excluding carboxylic acids is 1. The Morgan fingerprint density at radius 2 is 2.14 bits per heavy atom. The molecule has 3 atom stereocenters. The predicted molar refractivity (Wildman–Crippen MR) is 109 cm³/mol. The molecule has 1 aromatic rings. The van der Waals surface area contributed by atoms with E-state index in [2.05, 4.69) is 6.92 Å². The highest BCUT2D eigenvalue weighted by Crippen LogP contribution is 2.34. The van der Waals surface area contributed by atoms with Crippen LogP contribution in [0.2, 0.25) is 0 Å². The van der Waals surface area contributed by atoms with Crippen LogP contribution in [-0.2, 0) is 11.2 Å². The lowest BCUT2D eigenvalue weighted by molar-refractivity contribution is -0.148. The summed E-state index contributed by atoms with van der Waals surface area (Å²) in [7, 11) is 0. The Balaban J connectivity index is 1.96. The molecule has 8 heteroatoms. The van der Waals surface area contributed by atoms with Crippen molar-refractivity contribution < 1.29 is 28.6 Å². The number of carbonyl (C=O) groups is 2. The van der Waals surface area contributed by atoms with Crippen LogP contribution in [0.5, 0.6) is 0 Å². The second-order valence-electron chi connectivity index (χ2n) is 7.64. The van der Waals surface area contributed by atoms with Crippen molar-refractivity contribution in [3.8, 4) is 0 Å². The number of halogens is 2. The summed E-state index contributed by atoms with van der Waals surface area (Å²) in [5, 5.41) is 19.2. The Morgan fingerprint density at radius 1 is 1.41 bits per heavy atom. The monoisotopic (exact) mass is 429 g/mol. The minimum Gasteiger partial charge on any atom is -0.477 e. The molecule has 162 valence electrons. The van der Waals surface area contributed by atoms with Crippen LogP contribution in [0.4, 0.5) is 8.78 Å². The third kappa shape index (κ3) is 6.34. The van der Waals surface area contributed by atoms with Crippen LogP contribution in [-0.4, -0.2) is 51.6 Å². The third-order valence-corrected chi connectivity index (χ3v) is 6.39. The molecule has 0 radical (unpaired) electrons. The zero-order valence-electron chi connectivity index (χ0n) is 16.8. The first-order valence-electron chi connectivity index (χ1n) is 10.0. The lowest BCUT2D eigenvalue weighted by atomic mass is 9.97. The van der Waals surface area contributed by atoms with E-state index in [1.54, 1.807) is 6.07 Å². The van der Waals surface area contributed by atoms with Gasteiger partial charge >= 0.3 is 11.9 Å². The lowest BCUT2D eigenvalue weighted by Crippen LogP contribution is -2.36. The van der Waals surface area contributed by atoms with Gasteiger partial charge in [-0.05, 0) is 37.3 Å². The van der Waals surface area contributed by atoms with Crippen LogP contribution in [0.1, 0.15) is 60.5 Å². The maximum atomic E-state index is 14.0. The number of aromatic carboxylic acids is 1. The number of carboxylic acid groups (broad SMARTS) is 1. The first kappa shape index (κ1) is 23.5. The molecule has 5 nitrogen and oxygen atoms in total. The van der Waals surface area contributed by atoms with E-state index in [1.807, 2.05) is 6.92 Å². The predicted octanol–water partition coefficient (Wildman–Crippen LogP) is 4.36. The Morgan fingerprint density at radius 3 is 2.76 bits per heavy atom. The summed E-state index contributed by atoms with van der Waals surface area (Å²) in [4.78, 5) is 25.3. The van der Waals surface area contributed by atoms with Crippen molar-refractivity contribution >= 4 is 23.2 Å². The SMILES string of the molecule is CCCCC(C)C(O)C=CC1CC(F)(F)C(=O)N1CCCc1ccc(C(=O)O)s1. The molecule has 29 heavy (non-hydrogen) atoms. The molecule has 2 rings (SSSR count). The number of hydrogen-bond acceptors (Lipinski definition) is 4.